The maximum atomic E-state index is 7.23. The average Bonchev–Trinajstić information content (AvgIpc) is 3.82. The summed E-state index contributed by atoms with van der Waals surface area (Å²) in [6, 6.07) is 0. The van der Waals surface area contributed by atoms with Crippen LogP contribution in [0, 0.1) is 123 Å². The van der Waals surface area contributed by atoms with Crippen molar-refractivity contribution >= 4 is 0 Å². The van der Waals surface area contributed by atoms with Gasteiger partial charge in [-0.3, -0.25) is 0 Å². The third-order valence-electron chi connectivity index (χ3n) is 24.1. The van der Waals surface area contributed by atoms with Gasteiger partial charge in [0.15, 0.2) is 0 Å². The second-order valence-electron chi connectivity index (χ2n) is 29.5. The summed E-state index contributed by atoms with van der Waals surface area (Å²) in [6.07, 6.45) is 46.0. The Bertz CT molecular complexity index is 1630. The van der Waals surface area contributed by atoms with Gasteiger partial charge in [-0.15, -0.1) is 0 Å². The van der Waals surface area contributed by atoms with Crippen LogP contribution in [0.3, 0.4) is 0 Å². The van der Waals surface area contributed by atoms with Crippen molar-refractivity contribution in [3.63, 3.8) is 0 Å². The van der Waals surface area contributed by atoms with Gasteiger partial charge in [-0.2, -0.15) is 0 Å². The van der Waals surface area contributed by atoms with Crippen LogP contribution >= 0.6 is 0 Å². The van der Waals surface area contributed by atoms with Crippen LogP contribution in [0.4, 0.5) is 0 Å². The molecule has 0 amide bonds. The van der Waals surface area contributed by atoms with E-state index in [0.29, 0.717) is 57.9 Å². The second kappa shape index (κ2) is 24.8. The van der Waals surface area contributed by atoms with Gasteiger partial charge in [-0.25, -0.2) is 0 Å². The number of methoxy groups -OCH3 is 1. The molecule has 8 fully saturated rings. The Morgan fingerprint density at radius 3 is 1.55 bits per heavy atom. The molecule has 3 heteroatoms. The SMILES string of the molecule is C/C=C/C1CC(OCC(CC)CCCC)C(/C=C/C2CC(OCC(CC)CCCC)C(C)CC2C2CCC3C4CCCCC4C4(C3C2)C2CC(C(C)(C)C)CCC2C2CCC(C(C)(C)C)CC24)CC1OC. The Morgan fingerprint density at radius 1 is 0.507 bits per heavy atom. The summed E-state index contributed by atoms with van der Waals surface area (Å²) in [4.78, 5) is 0. The quantitative estimate of drug-likeness (QED) is 0.121. The highest BCUT2D eigenvalue weighted by molar-refractivity contribution is 5.21. The zero-order chi connectivity index (χ0) is 50.7. The first-order valence-corrected chi connectivity index (χ1v) is 32.2. The lowest BCUT2D eigenvalue weighted by Gasteiger charge is -2.56. The first-order valence-electron chi connectivity index (χ1n) is 32.2. The lowest BCUT2D eigenvalue weighted by Crippen LogP contribution is -2.50. The fourth-order valence-electron chi connectivity index (χ4n) is 20.1. The summed E-state index contributed by atoms with van der Waals surface area (Å²) < 4.78 is 20.8. The highest BCUT2D eigenvalue weighted by atomic mass is 16.5. The van der Waals surface area contributed by atoms with Crippen molar-refractivity contribution in [2.45, 2.75) is 262 Å². The monoisotopic (exact) mass is 983 g/mol. The predicted molar refractivity (Wildman–Crippen MR) is 302 cm³/mol. The van der Waals surface area contributed by atoms with Crippen LogP contribution in [0.5, 0.6) is 0 Å². The second-order valence-corrected chi connectivity index (χ2v) is 29.5. The first kappa shape index (κ1) is 56.6. The summed E-state index contributed by atoms with van der Waals surface area (Å²) >= 11 is 0. The first-order chi connectivity index (χ1) is 34.1. The van der Waals surface area contributed by atoms with Gasteiger partial charge in [-0.1, -0.05) is 152 Å². The standard InChI is InChI=1S/C68H118O3/c1-14-19-24-46(17-4)43-70-63-38-49(28-29-51-39-64(69-13)50(23-16-3)40-65(51)71-44-47(18-5)25-20-15-2)58(36-45(63)6)48-30-33-55-54-26-21-22-27-59(54)68(60(55)37-48)61-41-52(66(7,8)9)31-34-56(61)57-35-32-53(42-62(57)68)67(10,11)12/h16,23,28-29,45-65H,14-15,17-22,24-27,30-44H2,1-13H3/b23-16+,29-28+. The zero-order valence-electron chi connectivity index (χ0n) is 49.3. The summed E-state index contributed by atoms with van der Waals surface area (Å²) in [5, 5.41) is 0. The van der Waals surface area contributed by atoms with E-state index in [-0.39, 0.29) is 12.2 Å². The molecule has 8 rings (SSSR count). The van der Waals surface area contributed by atoms with Crippen molar-refractivity contribution in [1.29, 1.82) is 0 Å². The van der Waals surface area contributed by atoms with Crippen LogP contribution in [-0.2, 0) is 14.2 Å². The minimum atomic E-state index is 0.252. The van der Waals surface area contributed by atoms with Crippen LogP contribution in [0.15, 0.2) is 24.3 Å². The Morgan fingerprint density at radius 2 is 1.00 bits per heavy atom. The molecular formula is C68H118O3. The molecule has 0 aliphatic heterocycles. The van der Waals surface area contributed by atoms with Crippen molar-refractivity contribution < 1.29 is 14.2 Å². The van der Waals surface area contributed by atoms with Crippen molar-refractivity contribution in [3.05, 3.63) is 24.3 Å². The third kappa shape index (κ3) is 12.1. The molecule has 0 radical (unpaired) electrons. The highest BCUT2D eigenvalue weighted by Gasteiger charge is 2.73. The lowest BCUT2D eigenvalue weighted by molar-refractivity contribution is -0.0831. The van der Waals surface area contributed by atoms with Gasteiger partial charge in [0.05, 0.1) is 18.3 Å². The van der Waals surface area contributed by atoms with E-state index in [0.717, 1.165) is 97.1 Å². The summed E-state index contributed by atoms with van der Waals surface area (Å²) in [5.41, 5.74) is 1.42. The van der Waals surface area contributed by atoms with Crippen LogP contribution in [0.2, 0.25) is 0 Å². The number of ether oxygens (including phenoxy) is 3. The minimum absolute atomic E-state index is 0.252. The predicted octanol–water partition coefficient (Wildman–Crippen LogP) is 19.0. The highest BCUT2D eigenvalue weighted by Crippen LogP contribution is 2.79. The van der Waals surface area contributed by atoms with E-state index >= 15 is 0 Å². The molecule has 71 heavy (non-hydrogen) atoms. The van der Waals surface area contributed by atoms with E-state index in [9.17, 15) is 0 Å². The molecule has 21 unspecified atom stereocenters. The van der Waals surface area contributed by atoms with E-state index in [1.165, 1.54) is 103 Å². The smallest absolute Gasteiger partial charge is 0.0645 e. The van der Waals surface area contributed by atoms with Gasteiger partial charge >= 0.3 is 0 Å². The van der Waals surface area contributed by atoms with E-state index in [2.05, 4.69) is 107 Å². The number of allylic oxidation sites excluding steroid dienone is 2. The van der Waals surface area contributed by atoms with Crippen LogP contribution < -0.4 is 0 Å². The van der Waals surface area contributed by atoms with Crippen LogP contribution in [0.1, 0.15) is 244 Å². The molecule has 408 valence electrons. The summed E-state index contributed by atoms with van der Waals surface area (Å²) in [7, 11) is 1.97. The van der Waals surface area contributed by atoms with Gasteiger partial charge in [0.2, 0.25) is 0 Å². The normalized spacial score (nSPS) is 43.9. The molecule has 8 aliphatic carbocycles. The molecule has 8 saturated carbocycles. The third-order valence-corrected chi connectivity index (χ3v) is 24.1. The Labute approximate surface area is 441 Å². The number of unbranched alkanes of at least 4 members (excludes halogenated alkanes) is 2. The molecule has 3 nitrogen and oxygen atoms in total. The molecule has 8 aliphatic rings. The largest absolute Gasteiger partial charge is 0.381 e. The molecule has 0 heterocycles. The van der Waals surface area contributed by atoms with Crippen molar-refractivity contribution in [2.75, 3.05) is 20.3 Å². The molecule has 0 aromatic carbocycles. The van der Waals surface area contributed by atoms with Crippen molar-refractivity contribution in [3.8, 4) is 0 Å². The fraction of sp³-hybridized carbons (Fsp3) is 0.941. The maximum Gasteiger partial charge on any atom is 0.0645 e. The molecule has 21 atom stereocenters. The molecule has 0 aromatic heterocycles. The number of rotatable bonds is 19. The molecule has 0 bridgehead atoms. The fourth-order valence-corrected chi connectivity index (χ4v) is 20.1. The number of fused-ring (bicyclic) bond motifs is 10. The maximum absolute atomic E-state index is 7.23. The Kier molecular flexibility index (Phi) is 19.7. The average molecular weight is 984 g/mol. The van der Waals surface area contributed by atoms with Crippen molar-refractivity contribution in [1.82, 2.24) is 0 Å². The van der Waals surface area contributed by atoms with E-state index < -0.39 is 0 Å². The lowest BCUT2D eigenvalue weighted by atomic mass is 9.49. The van der Waals surface area contributed by atoms with Gasteiger partial charge in [-0.05, 0) is 227 Å². The van der Waals surface area contributed by atoms with Gasteiger partial charge < -0.3 is 14.2 Å². The molecular weight excluding hydrogens is 865 g/mol. The molecule has 0 N–H and O–H groups in total. The Balaban J connectivity index is 1.13. The van der Waals surface area contributed by atoms with Crippen LogP contribution in [0.25, 0.3) is 0 Å². The zero-order valence-corrected chi connectivity index (χ0v) is 49.3. The summed E-state index contributed by atoms with van der Waals surface area (Å²) in [5.74, 6) is 14.7. The van der Waals surface area contributed by atoms with E-state index in [4.69, 9.17) is 14.2 Å². The van der Waals surface area contributed by atoms with Gasteiger partial charge in [0, 0.05) is 32.2 Å². The summed E-state index contributed by atoms with van der Waals surface area (Å²) in [6.45, 7) is 31.9. The molecule has 0 saturated heterocycles. The van der Waals surface area contributed by atoms with E-state index in [1.54, 1.807) is 44.9 Å². The topological polar surface area (TPSA) is 27.7 Å². The molecule has 1 spiro atoms. The number of hydrogen-bond acceptors (Lipinski definition) is 3. The van der Waals surface area contributed by atoms with Gasteiger partial charge in [0.25, 0.3) is 0 Å². The van der Waals surface area contributed by atoms with Gasteiger partial charge in [0.1, 0.15) is 0 Å². The van der Waals surface area contributed by atoms with E-state index in [1.807, 2.05) is 7.11 Å². The number of hydrogen-bond donors (Lipinski definition) is 0. The van der Waals surface area contributed by atoms with Crippen molar-refractivity contribution in [2.24, 2.45) is 123 Å². The van der Waals surface area contributed by atoms with Crippen LogP contribution in [-0.4, -0.2) is 38.6 Å². The minimum Gasteiger partial charge on any atom is -0.381 e. The molecule has 0 aromatic rings. The Hall–Kier alpha value is -0.640.